The van der Waals surface area contributed by atoms with Crippen LogP contribution < -0.4 is 0 Å². The minimum absolute atomic E-state index is 0.0931. The third-order valence-electron chi connectivity index (χ3n) is 2.74. The maximum atomic E-state index is 13.8. The molecule has 112 valence electrons. The molecule has 0 bridgehead atoms. The normalized spacial score (nSPS) is 12.4. The molecule has 0 fully saturated rings. The lowest BCUT2D eigenvalue weighted by molar-refractivity contribution is -0.137. The third-order valence-corrected chi connectivity index (χ3v) is 4.11. The average Bonchev–Trinajstić information content (AvgIpc) is 2.36. The molecule has 0 spiro atoms. The molecule has 0 heterocycles. The van der Waals surface area contributed by atoms with E-state index in [0.29, 0.717) is 0 Å². The van der Waals surface area contributed by atoms with Gasteiger partial charge < -0.3 is 0 Å². The van der Waals surface area contributed by atoms with Crippen LogP contribution in [0.3, 0.4) is 0 Å². The number of benzene rings is 2. The second kappa shape index (κ2) is 5.31. The highest BCUT2D eigenvalue weighted by atomic mass is 35.7. The van der Waals surface area contributed by atoms with Gasteiger partial charge in [0.2, 0.25) is 0 Å². The first-order valence-electron chi connectivity index (χ1n) is 5.51. The van der Waals surface area contributed by atoms with Gasteiger partial charge in [0.05, 0.1) is 10.5 Å². The molecule has 0 aliphatic carbocycles. The molecule has 0 aromatic heterocycles. The van der Waals surface area contributed by atoms with Crippen molar-refractivity contribution in [2.75, 3.05) is 0 Å². The highest BCUT2D eigenvalue weighted by Crippen LogP contribution is 2.38. The molecule has 0 atom stereocenters. The van der Waals surface area contributed by atoms with E-state index in [-0.39, 0.29) is 10.5 Å². The Balaban J connectivity index is 2.63. The van der Waals surface area contributed by atoms with Crippen molar-refractivity contribution in [2.24, 2.45) is 0 Å². The molecule has 0 unspecified atom stereocenters. The highest BCUT2D eigenvalue weighted by molar-refractivity contribution is 8.13. The molecule has 2 aromatic carbocycles. The summed E-state index contributed by atoms with van der Waals surface area (Å²) in [5, 5.41) is 0. The van der Waals surface area contributed by atoms with Crippen LogP contribution in [0.1, 0.15) is 5.56 Å². The van der Waals surface area contributed by atoms with Gasteiger partial charge in [-0.05, 0) is 29.8 Å². The van der Waals surface area contributed by atoms with Crippen molar-refractivity contribution in [3.8, 4) is 11.1 Å². The third kappa shape index (κ3) is 3.36. The molecular formula is C13H7ClF4O2S. The maximum Gasteiger partial charge on any atom is 0.417 e. The fraction of sp³-hybridized carbons (Fsp3) is 0.0769. The molecule has 0 N–H and O–H groups in total. The molecule has 0 amide bonds. The summed E-state index contributed by atoms with van der Waals surface area (Å²) in [4.78, 5) is -0.280. The van der Waals surface area contributed by atoms with Gasteiger partial charge in [-0.2, -0.15) is 13.2 Å². The van der Waals surface area contributed by atoms with Crippen LogP contribution >= 0.6 is 10.7 Å². The van der Waals surface area contributed by atoms with Crippen LogP contribution in [0.25, 0.3) is 11.1 Å². The Bertz CT molecular complexity index is 768. The average molecular weight is 339 g/mol. The molecule has 2 nitrogen and oxygen atoms in total. The van der Waals surface area contributed by atoms with Crippen LogP contribution in [0, 0.1) is 5.82 Å². The zero-order chi connectivity index (χ0) is 15.8. The van der Waals surface area contributed by atoms with Crippen LogP contribution in [-0.2, 0) is 15.2 Å². The standard InChI is InChI=1S/C13H7ClF4O2S/c14-21(19,20)9-6-4-8(5-7-9)12-10(13(16,17)18)2-1-3-11(12)15/h1-7H. The largest absolute Gasteiger partial charge is 0.417 e. The second-order valence-corrected chi connectivity index (χ2v) is 6.69. The molecule has 2 rings (SSSR count). The minimum atomic E-state index is -4.73. The van der Waals surface area contributed by atoms with Crippen molar-refractivity contribution < 1.29 is 26.0 Å². The lowest BCUT2D eigenvalue weighted by Gasteiger charge is -2.13. The number of rotatable bonds is 2. The summed E-state index contributed by atoms with van der Waals surface area (Å²) in [6.45, 7) is 0. The van der Waals surface area contributed by atoms with Crippen molar-refractivity contribution in [1.29, 1.82) is 0 Å². The van der Waals surface area contributed by atoms with Crippen molar-refractivity contribution in [3.05, 3.63) is 53.8 Å². The Morgan fingerprint density at radius 2 is 1.52 bits per heavy atom. The lowest BCUT2D eigenvalue weighted by Crippen LogP contribution is -2.08. The second-order valence-electron chi connectivity index (χ2n) is 4.12. The Kier molecular flexibility index (Phi) is 3.99. The SMILES string of the molecule is O=S(=O)(Cl)c1ccc(-c2c(F)cccc2C(F)(F)F)cc1. The molecule has 0 radical (unpaired) electrons. The van der Waals surface area contributed by atoms with Gasteiger partial charge >= 0.3 is 6.18 Å². The predicted molar refractivity (Wildman–Crippen MR) is 69.9 cm³/mol. The minimum Gasteiger partial charge on any atom is -0.207 e. The lowest BCUT2D eigenvalue weighted by atomic mass is 9.99. The number of alkyl halides is 3. The monoisotopic (exact) mass is 338 g/mol. The van der Waals surface area contributed by atoms with Crippen LogP contribution in [0.5, 0.6) is 0 Å². The van der Waals surface area contributed by atoms with Crippen molar-refractivity contribution in [3.63, 3.8) is 0 Å². The zero-order valence-electron chi connectivity index (χ0n) is 10.2. The van der Waals surface area contributed by atoms with Gasteiger partial charge in [-0.1, -0.05) is 18.2 Å². The van der Waals surface area contributed by atoms with Gasteiger partial charge in [-0.15, -0.1) is 0 Å². The summed E-state index contributed by atoms with van der Waals surface area (Å²) in [7, 11) is 1.12. The van der Waals surface area contributed by atoms with Gasteiger partial charge in [0.1, 0.15) is 5.82 Å². The van der Waals surface area contributed by atoms with E-state index in [2.05, 4.69) is 0 Å². The number of hydrogen-bond acceptors (Lipinski definition) is 2. The molecule has 0 saturated carbocycles. The van der Waals surface area contributed by atoms with Crippen LogP contribution in [0.15, 0.2) is 47.4 Å². The molecular weight excluding hydrogens is 332 g/mol. The van der Waals surface area contributed by atoms with E-state index in [1.54, 1.807) is 0 Å². The number of halogens is 5. The fourth-order valence-corrected chi connectivity index (χ4v) is 2.61. The van der Waals surface area contributed by atoms with E-state index in [4.69, 9.17) is 10.7 Å². The molecule has 21 heavy (non-hydrogen) atoms. The first-order valence-corrected chi connectivity index (χ1v) is 7.82. The Labute approximate surface area is 122 Å². The van der Waals surface area contributed by atoms with E-state index in [0.717, 1.165) is 42.5 Å². The summed E-state index contributed by atoms with van der Waals surface area (Å²) in [6, 6.07) is 6.79. The Morgan fingerprint density at radius 1 is 0.952 bits per heavy atom. The van der Waals surface area contributed by atoms with E-state index in [9.17, 15) is 26.0 Å². The maximum absolute atomic E-state index is 13.8. The van der Waals surface area contributed by atoms with Crippen LogP contribution in [0.2, 0.25) is 0 Å². The van der Waals surface area contributed by atoms with Crippen molar-refractivity contribution in [1.82, 2.24) is 0 Å². The molecule has 0 saturated heterocycles. The summed E-state index contributed by atoms with van der Waals surface area (Å²) in [5.41, 5.74) is -1.86. The molecule has 0 aliphatic heterocycles. The fourth-order valence-electron chi connectivity index (χ4n) is 1.84. The molecule has 8 heteroatoms. The Morgan fingerprint density at radius 3 is 2.00 bits per heavy atom. The van der Waals surface area contributed by atoms with E-state index in [1.807, 2.05) is 0 Å². The molecule has 0 aliphatic rings. The first-order chi connectivity index (χ1) is 9.60. The van der Waals surface area contributed by atoms with Crippen LogP contribution in [-0.4, -0.2) is 8.42 Å². The first kappa shape index (κ1) is 15.8. The topological polar surface area (TPSA) is 34.1 Å². The zero-order valence-corrected chi connectivity index (χ0v) is 11.7. The summed E-state index contributed by atoms with van der Waals surface area (Å²) < 4.78 is 74.6. The van der Waals surface area contributed by atoms with E-state index in [1.165, 1.54) is 0 Å². The van der Waals surface area contributed by atoms with Gasteiger partial charge in [0.15, 0.2) is 0 Å². The van der Waals surface area contributed by atoms with Crippen LogP contribution in [0.4, 0.5) is 17.6 Å². The summed E-state index contributed by atoms with van der Waals surface area (Å²) in [5.74, 6) is -1.05. The summed E-state index contributed by atoms with van der Waals surface area (Å²) in [6.07, 6.45) is -4.73. The molecule has 2 aromatic rings. The van der Waals surface area contributed by atoms with Gasteiger partial charge in [0.25, 0.3) is 9.05 Å². The Hall–Kier alpha value is -1.60. The van der Waals surface area contributed by atoms with E-state index < -0.39 is 32.2 Å². The van der Waals surface area contributed by atoms with Crippen molar-refractivity contribution >= 4 is 19.7 Å². The van der Waals surface area contributed by atoms with Crippen molar-refractivity contribution in [2.45, 2.75) is 11.1 Å². The van der Waals surface area contributed by atoms with Gasteiger partial charge in [-0.25, -0.2) is 12.8 Å². The highest BCUT2D eigenvalue weighted by Gasteiger charge is 2.34. The van der Waals surface area contributed by atoms with E-state index >= 15 is 0 Å². The summed E-state index contributed by atoms with van der Waals surface area (Å²) >= 11 is 0. The quantitative estimate of drug-likeness (QED) is 0.599. The van der Waals surface area contributed by atoms with Gasteiger partial charge in [0, 0.05) is 16.2 Å². The van der Waals surface area contributed by atoms with Gasteiger partial charge in [-0.3, -0.25) is 0 Å². The predicted octanol–water partition coefficient (Wildman–Crippen LogP) is 4.44. The number of hydrogen-bond donors (Lipinski definition) is 0. The smallest absolute Gasteiger partial charge is 0.207 e.